The Morgan fingerprint density at radius 3 is 2.65 bits per heavy atom. The zero-order chi connectivity index (χ0) is 14.8. The van der Waals surface area contributed by atoms with Crippen molar-refractivity contribution in [2.75, 3.05) is 33.7 Å². The molecule has 1 saturated heterocycles. The second-order valence-corrected chi connectivity index (χ2v) is 7.82. The molecular formula is C17H35N3. The van der Waals surface area contributed by atoms with E-state index in [4.69, 9.17) is 0 Å². The van der Waals surface area contributed by atoms with Crippen molar-refractivity contribution < 1.29 is 0 Å². The Morgan fingerprint density at radius 2 is 2.00 bits per heavy atom. The number of hydrogen-bond donors (Lipinski definition) is 1. The Morgan fingerprint density at radius 1 is 1.25 bits per heavy atom. The van der Waals surface area contributed by atoms with Crippen LogP contribution in [-0.4, -0.2) is 61.7 Å². The topological polar surface area (TPSA) is 18.5 Å². The average Bonchev–Trinajstić information content (AvgIpc) is 2.90. The van der Waals surface area contributed by atoms with Crippen LogP contribution in [0, 0.1) is 5.41 Å². The second kappa shape index (κ2) is 6.76. The van der Waals surface area contributed by atoms with E-state index in [9.17, 15) is 0 Å². The quantitative estimate of drug-likeness (QED) is 0.807. The first kappa shape index (κ1) is 16.3. The van der Waals surface area contributed by atoms with E-state index < -0.39 is 0 Å². The average molecular weight is 281 g/mol. The predicted octanol–water partition coefficient (Wildman–Crippen LogP) is 2.57. The molecule has 1 saturated carbocycles. The highest BCUT2D eigenvalue weighted by Gasteiger charge is 2.46. The SMILES string of the molecule is CCCNC1C(N2CCCC2CN(C)C)CCC1(C)C. The zero-order valence-electron chi connectivity index (χ0n) is 14.3. The number of hydrogen-bond acceptors (Lipinski definition) is 3. The molecule has 0 amide bonds. The van der Waals surface area contributed by atoms with Crippen LogP contribution in [0.4, 0.5) is 0 Å². The van der Waals surface area contributed by atoms with E-state index in [2.05, 4.69) is 50.0 Å². The van der Waals surface area contributed by atoms with Crippen LogP contribution in [0.15, 0.2) is 0 Å². The monoisotopic (exact) mass is 281 g/mol. The highest BCUT2D eigenvalue weighted by molar-refractivity contribution is 5.03. The summed E-state index contributed by atoms with van der Waals surface area (Å²) in [7, 11) is 4.42. The van der Waals surface area contributed by atoms with Crippen molar-refractivity contribution in [2.45, 2.75) is 71.0 Å². The van der Waals surface area contributed by atoms with Gasteiger partial charge < -0.3 is 10.2 Å². The molecule has 1 heterocycles. The molecule has 1 aliphatic heterocycles. The fraction of sp³-hybridized carbons (Fsp3) is 1.00. The maximum absolute atomic E-state index is 3.87. The lowest BCUT2D eigenvalue weighted by molar-refractivity contribution is 0.116. The molecule has 118 valence electrons. The van der Waals surface area contributed by atoms with E-state index in [0.29, 0.717) is 11.5 Å². The van der Waals surface area contributed by atoms with Crippen molar-refractivity contribution in [3.05, 3.63) is 0 Å². The third-order valence-electron chi connectivity index (χ3n) is 5.35. The van der Waals surface area contributed by atoms with Gasteiger partial charge in [0.05, 0.1) is 0 Å². The van der Waals surface area contributed by atoms with E-state index in [1.54, 1.807) is 0 Å². The molecule has 2 fully saturated rings. The lowest BCUT2D eigenvalue weighted by Crippen LogP contribution is -2.54. The van der Waals surface area contributed by atoms with Crippen molar-refractivity contribution in [2.24, 2.45) is 5.41 Å². The molecule has 0 aromatic heterocycles. The number of likely N-dealkylation sites (tertiary alicyclic amines) is 1. The van der Waals surface area contributed by atoms with Gasteiger partial charge in [-0.2, -0.15) is 0 Å². The maximum atomic E-state index is 3.87. The molecule has 3 unspecified atom stereocenters. The third kappa shape index (κ3) is 3.55. The maximum Gasteiger partial charge on any atom is 0.0274 e. The van der Waals surface area contributed by atoms with Gasteiger partial charge in [-0.05, 0) is 64.7 Å². The summed E-state index contributed by atoms with van der Waals surface area (Å²) in [6.07, 6.45) is 6.74. The first-order chi connectivity index (χ1) is 9.45. The molecular weight excluding hydrogens is 246 g/mol. The van der Waals surface area contributed by atoms with Crippen molar-refractivity contribution in [3.63, 3.8) is 0 Å². The van der Waals surface area contributed by atoms with E-state index in [0.717, 1.165) is 18.6 Å². The molecule has 20 heavy (non-hydrogen) atoms. The van der Waals surface area contributed by atoms with E-state index in [1.165, 1.54) is 45.2 Å². The Kier molecular flexibility index (Phi) is 5.49. The molecule has 1 N–H and O–H groups in total. The van der Waals surface area contributed by atoms with Gasteiger partial charge in [-0.15, -0.1) is 0 Å². The minimum atomic E-state index is 0.449. The molecule has 3 nitrogen and oxygen atoms in total. The largest absolute Gasteiger partial charge is 0.312 e. The zero-order valence-corrected chi connectivity index (χ0v) is 14.3. The Hall–Kier alpha value is -0.120. The van der Waals surface area contributed by atoms with Crippen molar-refractivity contribution in [1.82, 2.24) is 15.1 Å². The van der Waals surface area contributed by atoms with Crippen LogP contribution in [0.25, 0.3) is 0 Å². The van der Waals surface area contributed by atoms with Crippen LogP contribution in [0.1, 0.15) is 52.9 Å². The fourth-order valence-electron chi connectivity index (χ4n) is 4.34. The normalized spacial score (nSPS) is 34.2. The molecule has 0 aromatic rings. The summed E-state index contributed by atoms with van der Waals surface area (Å²) in [6, 6.07) is 2.20. The van der Waals surface area contributed by atoms with Gasteiger partial charge in [0.25, 0.3) is 0 Å². The number of likely N-dealkylation sites (N-methyl/N-ethyl adjacent to an activating group) is 1. The lowest BCUT2D eigenvalue weighted by atomic mass is 9.86. The van der Waals surface area contributed by atoms with Gasteiger partial charge in [-0.1, -0.05) is 20.8 Å². The summed E-state index contributed by atoms with van der Waals surface area (Å²) < 4.78 is 0. The van der Waals surface area contributed by atoms with E-state index in [-0.39, 0.29) is 0 Å². The van der Waals surface area contributed by atoms with Crippen LogP contribution in [0.5, 0.6) is 0 Å². The van der Waals surface area contributed by atoms with Gasteiger partial charge in [0.15, 0.2) is 0 Å². The molecule has 3 atom stereocenters. The second-order valence-electron chi connectivity index (χ2n) is 7.82. The molecule has 0 aromatic carbocycles. The van der Waals surface area contributed by atoms with Crippen molar-refractivity contribution in [3.8, 4) is 0 Å². The van der Waals surface area contributed by atoms with Gasteiger partial charge >= 0.3 is 0 Å². The highest BCUT2D eigenvalue weighted by Crippen LogP contribution is 2.41. The van der Waals surface area contributed by atoms with Crippen molar-refractivity contribution in [1.29, 1.82) is 0 Å². The molecule has 0 spiro atoms. The smallest absolute Gasteiger partial charge is 0.0274 e. The minimum Gasteiger partial charge on any atom is -0.312 e. The Labute approximate surface area is 126 Å². The first-order valence-corrected chi connectivity index (χ1v) is 8.59. The summed E-state index contributed by atoms with van der Waals surface area (Å²) >= 11 is 0. The van der Waals surface area contributed by atoms with Crippen LogP contribution >= 0.6 is 0 Å². The van der Waals surface area contributed by atoms with Crippen molar-refractivity contribution >= 4 is 0 Å². The highest BCUT2D eigenvalue weighted by atomic mass is 15.3. The van der Waals surface area contributed by atoms with Gasteiger partial charge in [-0.25, -0.2) is 0 Å². The predicted molar refractivity (Wildman–Crippen MR) is 87.2 cm³/mol. The minimum absolute atomic E-state index is 0.449. The van der Waals surface area contributed by atoms with Crippen LogP contribution in [0.3, 0.4) is 0 Å². The molecule has 0 radical (unpaired) electrons. The van der Waals surface area contributed by atoms with Crippen LogP contribution < -0.4 is 5.32 Å². The standard InChI is InChI=1S/C17H35N3/c1-6-11-18-16-15(9-10-17(16,2)3)20-12-7-8-14(20)13-19(4)5/h14-16,18H,6-13H2,1-5H3. The molecule has 0 bridgehead atoms. The Bertz CT molecular complexity index is 301. The summed E-state index contributed by atoms with van der Waals surface area (Å²) in [5.41, 5.74) is 0.449. The lowest BCUT2D eigenvalue weighted by Gasteiger charge is -2.39. The summed E-state index contributed by atoms with van der Waals surface area (Å²) in [6.45, 7) is 10.9. The van der Waals surface area contributed by atoms with Gasteiger partial charge in [0.2, 0.25) is 0 Å². The van der Waals surface area contributed by atoms with Gasteiger partial charge in [-0.3, -0.25) is 4.90 Å². The number of rotatable bonds is 6. The summed E-state index contributed by atoms with van der Waals surface area (Å²) in [4.78, 5) is 5.19. The molecule has 2 aliphatic rings. The van der Waals surface area contributed by atoms with E-state index >= 15 is 0 Å². The molecule has 3 heteroatoms. The first-order valence-electron chi connectivity index (χ1n) is 8.59. The van der Waals surface area contributed by atoms with Gasteiger partial charge in [0, 0.05) is 24.7 Å². The molecule has 1 aliphatic carbocycles. The number of nitrogens with one attached hydrogen (secondary N) is 1. The van der Waals surface area contributed by atoms with Gasteiger partial charge in [0.1, 0.15) is 0 Å². The summed E-state index contributed by atoms with van der Waals surface area (Å²) in [5.74, 6) is 0. The van der Waals surface area contributed by atoms with Crippen LogP contribution in [0.2, 0.25) is 0 Å². The Balaban J connectivity index is 2.05. The molecule has 2 rings (SSSR count). The number of nitrogens with zero attached hydrogens (tertiary/aromatic N) is 2. The third-order valence-corrected chi connectivity index (χ3v) is 5.35. The van der Waals surface area contributed by atoms with E-state index in [1.807, 2.05) is 0 Å². The van der Waals surface area contributed by atoms with Crippen LogP contribution in [-0.2, 0) is 0 Å². The summed E-state index contributed by atoms with van der Waals surface area (Å²) in [5, 5.41) is 3.87. The fourth-order valence-corrected chi connectivity index (χ4v) is 4.34.